The fourth-order valence-electron chi connectivity index (χ4n) is 2.76. The van der Waals surface area contributed by atoms with E-state index in [-0.39, 0.29) is 18.6 Å². The SMILES string of the molecule is COCCN(CCO)CC(=O)N1CCCC1c1cccs1. The van der Waals surface area contributed by atoms with Crippen LogP contribution < -0.4 is 0 Å². The number of nitrogens with zero attached hydrogens (tertiary/aromatic N) is 2. The molecule has 0 spiro atoms. The zero-order valence-corrected chi connectivity index (χ0v) is 13.3. The number of carbonyl (C=O) groups is 1. The molecule has 1 N–H and O–H groups in total. The van der Waals surface area contributed by atoms with Gasteiger partial charge in [-0.15, -0.1) is 11.3 Å². The highest BCUT2D eigenvalue weighted by atomic mass is 32.1. The fourth-order valence-corrected chi connectivity index (χ4v) is 3.63. The second kappa shape index (κ2) is 8.48. The molecule has 0 saturated carbocycles. The molecule has 0 radical (unpaired) electrons. The molecule has 0 bridgehead atoms. The van der Waals surface area contributed by atoms with E-state index in [1.807, 2.05) is 15.9 Å². The maximum absolute atomic E-state index is 12.6. The summed E-state index contributed by atoms with van der Waals surface area (Å²) in [5.74, 6) is 0.149. The molecule has 1 fully saturated rings. The van der Waals surface area contributed by atoms with Crippen molar-refractivity contribution in [2.45, 2.75) is 18.9 Å². The molecule has 118 valence electrons. The number of aliphatic hydroxyl groups is 1. The Hall–Kier alpha value is -0.950. The first kappa shape index (κ1) is 16.4. The molecule has 0 aromatic carbocycles. The van der Waals surface area contributed by atoms with Crippen LogP contribution in [-0.4, -0.2) is 67.3 Å². The number of rotatable bonds is 8. The van der Waals surface area contributed by atoms with E-state index in [9.17, 15) is 4.79 Å². The minimum atomic E-state index is 0.0609. The molecular weight excluding hydrogens is 288 g/mol. The summed E-state index contributed by atoms with van der Waals surface area (Å²) in [7, 11) is 1.65. The lowest BCUT2D eigenvalue weighted by Gasteiger charge is -2.28. The third-order valence-corrected chi connectivity index (χ3v) is 4.81. The lowest BCUT2D eigenvalue weighted by atomic mass is 10.2. The van der Waals surface area contributed by atoms with E-state index in [1.54, 1.807) is 18.4 Å². The Kier molecular flexibility index (Phi) is 6.63. The van der Waals surface area contributed by atoms with E-state index in [4.69, 9.17) is 9.84 Å². The topological polar surface area (TPSA) is 53.0 Å². The van der Waals surface area contributed by atoms with Crippen LogP contribution in [0.15, 0.2) is 17.5 Å². The van der Waals surface area contributed by atoms with Crippen molar-refractivity contribution >= 4 is 17.2 Å². The maximum atomic E-state index is 12.6. The molecule has 1 aromatic rings. The second-order valence-corrected chi connectivity index (χ2v) is 6.23. The van der Waals surface area contributed by atoms with Crippen LogP contribution in [0.2, 0.25) is 0 Å². The average molecular weight is 312 g/mol. The standard InChI is InChI=1S/C15H24N2O3S/c1-20-10-8-16(7-9-18)12-15(19)17-6-2-4-13(17)14-5-3-11-21-14/h3,5,11,13,18H,2,4,6-10,12H2,1H3. The molecule has 5 nitrogen and oxygen atoms in total. The molecule has 1 unspecified atom stereocenters. The zero-order chi connectivity index (χ0) is 15.1. The van der Waals surface area contributed by atoms with Crippen LogP contribution in [0.3, 0.4) is 0 Å². The average Bonchev–Trinajstić information content (AvgIpc) is 3.14. The lowest BCUT2D eigenvalue weighted by molar-refractivity contribution is -0.133. The number of aliphatic hydroxyl groups excluding tert-OH is 1. The predicted octanol–water partition coefficient (Wildman–Crippen LogP) is 1.35. The van der Waals surface area contributed by atoms with Crippen molar-refractivity contribution in [2.75, 3.05) is 46.5 Å². The van der Waals surface area contributed by atoms with Crippen molar-refractivity contribution in [1.29, 1.82) is 0 Å². The van der Waals surface area contributed by atoms with E-state index in [0.29, 0.717) is 26.2 Å². The summed E-state index contributed by atoms with van der Waals surface area (Å²) in [4.78, 5) is 17.8. The Morgan fingerprint density at radius 3 is 3.10 bits per heavy atom. The van der Waals surface area contributed by atoms with Gasteiger partial charge in [-0.3, -0.25) is 9.69 Å². The Bertz CT molecular complexity index is 425. The molecule has 2 heterocycles. The number of methoxy groups -OCH3 is 1. The highest BCUT2D eigenvalue weighted by Crippen LogP contribution is 2.34. The number of carbonyl (C=O) groups excluding carboxylic acids is 1. The molecule has 1 aliphatic heterocycles. The third kappa shape index (κ3) is 4.51. The molecule has 1 amide bonds. The predicted molar refractivity (Wildman–Crippen MR) is 83.4 cm³/mol. The first-order chi connectivity index (χ1) is 10.3. The van der Waals surface area contributed by atoms with Crippen LogP contribution in [0.4, 0.5) is 0 Å². The Morgan fingerprint density at radius 1 is 1.57 bits per heavy atom. The van der Waals surface area contributed by atoms with Gasteiger partial charge in [-0.2, -0.15) is 0 Å². The van der Waals surface area contributed by atoms with Crippen LogP contribution in [0.1, 0.15) is 23.8 Å². The molecule has 21 heavy (non-hydrogen) atoms. The largest absolute Gasteiger partial charge is 0.395 e. The van der Waals surface area contributed by atoms with Crippen LogP contribution in [0.5, 0.6) is 0 Å². The van der Waals surface area contributed by atoms with Crippen LogP contribution in [-0.2, 0) is 9.53 Å². The monoisotopic (exact) mass is 312 g/mol. The quantitative estimate of drug-likeness (QED) is 0.787. The molecule has 1 aromatic heterocycles. The summed E-state index contributed by atoms with van der Waals surface area (Å²) in [5, 5.41) is 11.2. The Labute approximate surface area is 130 Å². The van der Waals surface area contributed by atoms with E-state index < -0.39 is 0 Å². The summed E-state index contributed by atoms with van der Waals surface area (Å²) >= 11 is 1.72. The first-order valence-corrected chi connectivity index (χ1v) is 8.29. The van der Waals surface area contributed by atoms with E-state index >= 15 is 0 Å². The van der Waals surface area contributed by atoms with E-state index in [2.05, 4.69) is 11.4 Å². The Morgan fingerprint density at radius 2 is 2.43 bits per heavy atom. The van der Waals surface area contributed by atoms with Gasteiger partial charge in [0.05, 0.1) is 25.8 Å². The van der Waals surface area contributed by atoms with Gasteiger partial charge in [0, 0.05) is 31.6 Å². The third-order valence-electron chi connectivity index (χ3n) is 3.83. The summed E-state index contributed by atoms with van der Waals surface area (Å²) in [6.45, 7) is 2.99. The minimum Gasteiger partial charge on any atom is -0.395 e. The van der Waals surface area contributed by atoms with E-state index in [0.717, 1.165) is 19.4 Å². The van der Waals surface area contributed by atoms with Crippen molar-refractivity contribution in [3.05, 3.63) is 22.4 Å². The number of amides is 1. The van der Waals surface area contributed by atoms with Crippen molar-refractivity contribution in [3.63, 3.8) is 0 Å². The molecule has 1 aliphatic rings. The number of hydrogen-bond donors (Lipinski definition) is 1. The normalized spacial score (nSPS) is 18.6. The van der Waals surface area contributed by atoms with Crippen LogP contribution in [0.25, 0.3) is 0 Å². The number of hydrogen-bond acceptors (Lipinski definition) is 5. The van der Waals surface area contributed by atoms with Crippen LogP contribution in [0, 0.1) is 0 Å². The van der Waals surface area contributed by atoms with Crippen LogP contribution >= 0.6 is 11.3 Å². The molecular formula is C15H24N2O3S. The van der Waals surface area contributed by atoms with Gasteiger partial charge in [0.15, 0.2) is 0 Å². The summed E-state index contributed by atoms with van der Waals surface area (Å²) in [6.07, 6.45) is 2.11. The van der Waals surface area contributed by atoms with Gasteiger partial charge in [-0.05, 0) is 24.3 Å². The summed E-state index contributed by atoms with van der Waals surface area (Å²) in [6, 6.07) is 4.38. The van der Waals surface area contributed by atoms with Gasteiger partial charge < -0.3 is 14.7 Å². The van der Waals surface area contributed by atoms with Crippen molar-refractivity contribution in [2.24, 2.45) is 0 Å². The maximum Gasteiger partial charge on any atom is 0.237 e. The minimum absolute atomic E-state index is 0.0609. The summed E-state index contributed by atoms with van der Waals surface area (Å²) in [5.41, 5.74) is 0. The smallest absolute Gasteiger partial charge is 0.237 e. The lowest BCUT2D eigenvalue weighted by Crippen LogP contribution is -2.42. The van der Waals surface area contributed by atoms with Crippen molar-refractivity contribution in [3.8, 4) is 0 Å². The van der Waals surface area contributed by atoms with Gasteiger partial charge in [0.1, 0.15) is 0 Å². The second-order valence-electron chi connectivity index (χ2n) is 5.25. The van der Waals surface area contributed by atoms with Crippen molar-refractivity contribution in [1.82, 2.24) is 9.80 Å². The van der Waals surface area contributed by atoms with Gasteiger partial charge >= 0.3 is 0 Å². The van der Waals surface area contributed by atoms with E-state index in [1.165, 1.54) is 4.88 Å². The van der Waals surface area contributed by atoms with Crippen molar-refractivity contribution < 1.29 is 14.6 Å². The highest BCUT2D eigenvalue weighted by Gasteiger charge is 2.31. The number of likely N-dealkylation sites (tertiary alicyclic amines) is 1. The number of ether oxygens (including phenoxy) is 1. The first-order valence-electron chi connectivity index (χ1n) is 7.41. The van der Waals surface area contributed by atoms with Gasteiger partial charge in [0.2, 0.25) is 5.91 Å². The Balaban J connectivity index is 1.94. The fraction of sp³-hybridized carbons (Fsp3) is 0.667. The zero-order valence-electron chi connectivity index (χ0n) is 12.5. The van der Waals surface area contributed by atoms with Gasteiger partial charge in [0.25, 0.3) is 0 Å². The molecule has 1 atom stereocenters. The number of thiophene rings is 1. The summed E-state index contributed by atoms with van der Waals surface area (Å²) < 4.78 is 5.06. The molecule has 1 saturated heterocycles. The highest BCUT2D eigenvalue weighted by molar-refractivity contribution is 7.10. The molecule has 6 heteroatoms. The molecule has 0 aliphatic carbocycles. The van der Waals surface area contributed by atoms with Gasteiger partial charge in [-0.25, -0.2) is 0 Å². The van der Waals surface area contributed by atoms with Gasteiger partial charge in [-0.1, -0.05) is 6.07 Å². The molecule has 2 rings (SSSR count).